The number of amides is 2. The van der Waals surface area contributed by atoms with E-state index in [1.165, 1.54) is 0 Å². The van der Waals surface area contributed by atoms with Crippen LogP contribution in [0.25, 0.3) is 11.0 Å². The zero-order chi connectivity index (χ0) is 24.8. The maximum absolute atomic E-state index is 13.6. The summed E-state index contributed by atoms with van der Waals surface area (Å²) in [5.74, 6) is 0.730. The molecular weight excluding hydrogens is 442 g/mol. The first-order chi connectivity index (χ1) is 17.0. The number of carbonyl (C=O) groups excluding carboxylic acids is 2. The molecule has 0 atom stereocenters. The topological polar surface area (TPSA) is 75.0 Å². The maximum atomic E-state index is 13.6. The van der Waals surface area contributed by atoms with E-state index in [2.05, 4.69) is 24.1 Å². The predicted molar refractivity (Wildman–Crippen MR) is 139 cm³/mol. The molecule has 1 aliphatic heterocycles. The average molecular weight is 478 g/mol. The lowest BCUT2D eigenvalue weighted by Gasteiger charge is -2.35. The number of rotatable bonds is 9. The van der Waals surface area contributed by atoms with Crippen molar-refractivity contribution in [1.82, 2.24) is 4.90 Å². The average Bonchev–Trinajstić information content (AvgIpc) is 3.26. The molecule has 1 N–H and O–H groups in total. The summed E-state index contributed by atoms with van der Waals surface area (Å²) in [5.41, 5.74) is 2.20. The van der Waals surface area contributed by atoms with Crippen molar-refractivity contribution in [2.45, 2.75) is 39.5 Å². The van der Waals surface area contributed by atoms with E-state index in [-0.39, 0.29) is 23.5 Å². The lowest BCUT2D eigenvalue weighted by molar-refractivity contribution is -0.120. The minimum Gasteiger partial charge on any atom is -0.497 e. The molecule has 1 aromatic heterocycles. The Hall–Kier alpha value is -3.48. The van der Waals surface area contributed by atoms with Gasteiger partial charge in [0.25, 0.3) is 5.91 Å². The van der Waals surface area contributed by atoms with Crippen LogP contribution >= 0.6 is 0 Å². The van der Waals surface area contributed by atoms with Gasteiger partial charge in [0, 0.05) is 43.2 Å². The third-order valence-electron chi connectivity index (χ3n) is 6.69. The Morgan fingerprint density at radius 1 is 0.971 bits per heavy atom. The highest BCUT2D eigenvalue weighted by atomic mass is 16.5. The summed E-state index contributed by atoms with van der Waals surface area (Å²) >= 11 is 0. The zero-order valence-electron chi connectivity index (χ0n) is 20.9. The number of nitrogens with zero attached hydrogens (tertiary/aromatic N) is 2. The number of carbonyl (C=O) groups is 2. The minimum absolute atomic E-state index is 0.0429. The van der Waals surface area contributed by atoms with E-state index < -0.39 is 0 Å². The van der Waals surface area contributed by atoms with Gasteiger partial charge < -0.3 is 24.3 Å². The number of para-hydroxylation sites is 1. The van der Waals surface area contributed by atoms with Crippen molar-refractivity contribution in [3.63, 3.8) is 0 Å². The molecule has 0 aliphatic carbocycles. The smallest absolute Gasteiger partial charge is 0.291 e. The second kappa shape index (κ2) is 11.3. The lowest BCUT2D eigenvalue weighted by atomic mass is 9.97. The summed E-state index contributed by atoms with van der Waals surface area (Å²) in [7, 11) is 1.65. The molecule has 0 unspecified atom stereocenters. The van der Waals surface area contributed by atoms with Crippen LogP contribution in [0, 0.1) is 5.92 Å². The fourth-order valence-corrected chi connectivity index (χ4v) is 4.75. The molecule has 2 aromatic carbocycles. The van der Waals surface area contributed by atoms with Crippen molar-refractivity contribution in [3.8, 4) is 5.75 Å². The number of furan rings is 1. The number of piperazine rings is 1. The standard InChI is InChI=1S/C28H35N3O4/c1-4-8-20(9-5-2)27(32)29-25-23-10-6-7-11-24(23)35-26(25)28(33)31-18-16-30(17-19-31)21-12-14-22(34-3)15-13-21/h6-7,10-15,20H,4-5,8-9,16-19H2,1-3H3,(H,29,32). The number of nitrogens with one attached hydrogen (secondary N) is 1. The Bertz CT molecular complexity index is 1140. The Morgan fingerprint density at radius 2 is 1.63 bits per heavy atom. The highest BCUT2D eigenvalue weighted by molar-refractivity contribution is 6.11. The van der Waals surface area contributed by atoms with Crippen LogP contribution in [0.1, 0.15) is 50.1 Å². The summed E-state index contributed by atoms with van der Waals surface area (Å²) in [6.45, 7) is 6.75. The van der Waals surface area contributed by atoms with Crippen molar-refractivity contribution in [2.75, 3.05) is 43.5 Å². The molecule has 7 nitrogen and oxygen atoms in total. The van der Waals surface area contributed by atoms with Gasteiger partial charge in [-0.25, -0.2) is 0 Å². The van der Waals surface area contributed by atoms with Gasteiger partial charge in [0.05, 0.1) is 7.11 Å². The molecule has 186 valence electrons. The van der Waals surface area contributed by atoms with Crippen LogP contribution in [0.15, 0.2) is 52.9 Å². The van der Waals surface area contributed by atoms with Crippen LogP contribution in [0.2, 0.25) is 0 Å². The van der Waals surface area contributed by atoms with Crippen molar-refractivity contribution in [1.29, 1.82) is 0 Å². The zero-order valence-corrected chi connectivity index (χ0v) is 20.9. The van der Waals surface area contributed by atoms with Crippen LogP contribution in [0.4, 0.5) is 11.4 Å². The van der Waals surface area contributed by atoms with E-state index in [4.69, 9.17) is 9.15 Å². The van der Waals surface area contributed by atoms with Gasteiger partial charge in [-0.15, -0.1) is 0 Å². The van der Waals surface area contributed by atoms with E-state index in [0.717, 1.165) is 55.6 Å². The molecule has 7 heteroatoms. The Kier molecular flexibility index (Phi) is 7.95. The van der Waals surface area contributed by atoms with Gasteiger partial charge in [-0.3, -0.25) is 9.59 Å². The van der Waals surface area contributed by atoms with Gasteiger partial charge in [-0.05, 0) is 49.2 Å². The van der Waals surface area contributed by atoms with Gasteiger partial charge >= 0.3 is 0 Å². The second-order valence-corrected chi connectivity index (χ2v) is 9.04. The summed E-state index contributed by atoms with van der Waals surface area (Å²) in [5, 5.41) is 3.82. The fourth-order valence-electron chi connectivity index (χ4n) is 4.75. The molecule has 1 fully saturated rings. The number of fused-ring (bicyclic) bond motifs is 1. The van der Waals surface area contributed by atoms with Gasteiger partial charge in [0.2, 0.25) is 11.7 Å². The number of benzene rings is 2. The van der Waals surface area contributed by atoms with Crippen LogP contribution in [0.5, 0.6) is 5.75 Å². The quantitative estimate of drug-likeness (QED) is 0.437. The van der Waals surface area contributed by atoms with Gasteiger partial charge in [0.1, 0.15) is 17.0 Å². The lowest BCUT2D eigenvalue weighted by Crippen LogP contribution is -2.48. The maximum Gasteiger partial charge on any atom is 0.291 e. The van der Waals surface area contributed by atoms with Crippen LogP contribution in [-0.2, 0) is 4.79 Å². The molecule has 4 rings (SSSR count). The van der Waals surface area contributed by atoms with E-state index in [1.54, 1.807) is 7.11 Å². The molecule has 2 amide bonds. The first-order valence-electron chi connectivity index (χ1n) is 12.6. The molecule has 3 aromatic rings. The third kappa shape index (κ3) is 5.45. The largest absolute Gasteiger partial charge is 0.497 e. The Morgan fingerprint density at radius 3 is 2.26 bits per heavy atom. The normalized spacial score (nSPS) is 13.9. The molecule has 1 saturated heterocycles. The van der Waals surface area contributed by atoms with E-state index in [9.17, 15) is 9.59 Å². The van der Waals surface area contributed by atoms with Gasteiger partial charge in [-0.1, -0.05) is 38.8 Å². The molecule has 0 bridgehead atoms. The summed E-state index contributed by atoms with van der Waals surface area (Å²) < 4.78 is 11.3. The minimum atomic E-state index is -0.187. The summed E-state index contributed by atoms with van der Waals surface area (Å²) in [6.07, 6.45) is 3.53. The number of methoxy groups -OCH3 is 1. The first kappa shape index (κ1) is 24.6. The molecule has 2 heterocycles. The molecular formula is C28H35N3O4. The SMILES string of the molecule is CCCC(CCC)C(=O)Nc1c(C(=O)N2CCN(c3ccc(OC)cc3)CC2)oc2ccccc12. The number of anilines is 2. The van der Waals surface area contributed by atoms with E-state index >= 15 is 0 Å². The predicted octanol–water partition coefficient (Wildman–Crippen LogP) is 5.56. The van der Waals surface area contributed by atoms with Crippen LogP contribution in [0.3, 0.4) is 0 Å². The van der Waals surface area contributed by atoms with Crippen molar-refractivity contribution in [2.24, 2.45) is 5.92 Å². The molecule has 0 radical (unpaired) electrons. The van der Waals surface area contributed by atoms with Crippen molar-refractivity contribution >= 4 is 34.2 Å². The van der Waals surface area contributed by atoms with Crippen LogP contribution < -0.4 is 15.0 Å². The number of hydrogen-bond acceptors (Lipinski definition) is 5. The van der Waals surface area contributed by atoms with Crippen molar-refractivity contribution in [3.05, 3.63) is 54.3 Å². The monoisotopic (exact) mass is 477 g/mol. The van der Waals surface area contributed by atoms with Gasteiger partial charge in [0.15, 0.2) is 0 Å². The fraction of sp³-hybridized carbons (Fsp3) is 0.429. The Balaban J connectivity index is 1.52. The third-order valence-corrected chi connectivity index (χ3v) is 6.69. The Labute approximate surface area is 207 Å². The number of ether oxygens (including phenoxy) is 1. The highest BCUT2D eigenvalue weighted by Crippen LogP contribution is 2.33. The molecule has 35 heavy (non-hydrogen) atoms. The first-order valence-corrected chi connectivity index (χ1v) is 12.6. The molecule has 0 spiro atoms. The van der Waals surface area contributed by atoms with Crippen molar-refractivity contribution < 1.29 is 18.7 Å². The van der Waals surface area contributed by atoms with Gasteiger partial charge in [-0.2, -0.15) is 0 Å². The summed E-state index contributed by atoms with van der Waals surface area (Å²) in [4.78, 5) is 30.8. The highest BCUT2D eigenvalue weighted by Gasteiger charge is 2.30. The second-order valence-electron chi connectivity index (χ2n) is 9.04. The summed E-state index contributed by atoms with van der Waals surface area (Å²) in [6, 6.07) is 15.4. The van der Waals surface area contributed by atoms with E-state index in [1.807, 2.05) is 53.4 Å². The van der Waals surface area contributed by atoms with E-state index in [0.29, 0.717) is 24.4 Å². The molecule has 1 aliphatic rings. The van der Waals surface area contributed by atoms with Crippen LogP contribution in [-0.4, -0.2) is 50.0 Å². The molecule has 0 saturated carbocycles. The number of hydrogen-bond donors (Lipinski definition) is 1.